The van der Waals surface area contributed by atoms with E-state index in [4.69, 9.17) is 15.2 Å². The Morgan fingerprint density at radius 2 is 1.92 bits per heavy atom. The first-order valence-corrected chi connectivity index (χ1v) is 7.49. The van der Waals surface area contributed by atoms with Gasteiger partial charge >= 0.3 is 0 Å². The van der Waals surface area contributed by atoms with Gasteiger partial charge in [0.1, 0.15) is 17.3 Å². The Morgan fingerprint density at radius 3 is 2.54 bits per heavy atom. The lowest BCUT2D eigenvalue weighted by atomic mass is 9.97. The summed E-state index contributed by atoms with van der Waals surface area (Å²) in [6.07, 6.45) is 0. The van der Waals surface area contributed by atoms with Crippen molar-refractivity contribution in [2.24, 2.45) is 5.73 Å². The lowest BCUT2D eigenvalue weighted by Crippen LogP contribution is -2.40. The molecule has 5 nitrogen and oxygen atoms in total. The molecule has 0 saturated heterocycles. The van der Waals surface area contributed by atoms with Gasteiger partial charge in [-0.15, -0.1) is 0 Å². The number of amides is 1. The molecule has 128 valence electrons. The monoisotopic (exact) mass is 332 g/mol. The highest BCUT2D eigenvalue weighted by atomic mass is 19.1. The fourth-order valence-corrected chi connectivity index (χ4v) is 2.37. The number of nitrogens with one attached hydrogen (secondary N) is 1. The van der Waals surface area contributed by atoms with E-state index in [1.165, 1.54) is 25.3 Å². The highest BCUT2D eigenvalue weighted by Crippen LogP contribution is 2.32. The van der Waals surface area contributed by atoms with Crippen molar-refractivity contribution >= 4 is 5.91 Å². The summed E-state index contributed by atoms with van der Waals surface area (Å²) in [5, 5.41) is 2.84. The molecule has 2 aromatic carbocycles. The van der Waals surface area contributed by atoms with E-state index in [0.717, 1.165) is 5.56 Å². The molecule has 24 heavy (non-hydrogen) atoms. The highest BCUT2D eigenvalue weighted by Gasteiger charge is 2.23. The molecule has 0 aromatic heterocycles. The minimum Gasteiger partial charge on any atom is -0.497 e. The molecule has 6 heteroatoms. The first-order chi connectivity index (χ1) is 11.5. The summed E-state index contributed by atoms with van der Waals surface area (Å²) in [5.41, 5.74) is 6.88. The lowest BCUT2D eigenvalue weighted by molar-refractivity contribution is -0.122. The molecule has 2 atom stereocenters. The second-order valence-corrected chi connectivity index (χ2v) is 5.39. The van der Waals surface area contributed by atoms with Crippen LogP contribution < -0.4 is 20.5 Å². The van der Waals surface area contributed by atoms with Gasteiger partial charge in [0.25, 0.3) is 0 Å². The predicted octanol–water partition coefficient (Wildman–Crippen LogP) is 2.40. The van der Waals surface area contributed by atoms with E-state index in [0.29, 0.717) is 17.1 Å². The Morgan fingerprint density at radius 1 is 1.17 bits per heavy atom. The van der Waals surface area contributed by atoms with Crippen LogP contribution in [0.1, 0.15) is 24.1 Å². The van der Waals surface area contributed by atoms with Gasteiger partial charge in [-0.1, -0.05) is 12.1 Å². The third kappa shape index (κ3) is 4.02. The van der Waals surface area contributed by atoms with Gasteiger partial charge in [0.15, 0.2) is 0 Å². The van der Waals surface area contributed by atoms with Crippen molar-refractivity contribution in [3.8, 4) is 11.5 Å². The molecule has 0 spiro atoms. The number of hydrogen-bond donors (Lipinski definition) is 2. The topological polar surface area (TPSA) is 73.6 Å². The zero-order chi connectivity index (χ0) is 17.7. The number of halogens is 1. The minimum absolute atomic E-state index is 0.353. The summed E-state index contributed by atoms with van der Waals surface area (Å²) < 4.78 is 24.3. The first-order valence-electron chi connectivity index (χ1n) is 7.49. The molecule has 1 amide bonds. The van der Waals surface area contributed by atoms with Crippen LogP contribution in [0.2, 0.25) is 0 Å². The molecule has 0 bridgehead atoms. The second-order valence-electron chi connectivity index (χ2n) is 5.39. The third-order valence-corrected chi connectivity index (χ3v) is 3.63. The Hall–Kier alpha value is -2.60. The van der Waals surface area contributed by atoms with Crippen LogP contribution in [0.3, 0.4) is 0 Å². The Bertz CT molecular complexity index is 719. The maximum absolute atomic E-state index is 13.8. The third-order valence-electron chi connectivity index (χ3n) is 3.63. The molecule has 0 aliphatic rings. The van der Waals surface area contributed by atoms with E-state index in [1.807, 2.05) is 6.07 Å². The van der Waals surface area contributed by atoms with Crippen LogP contribution in [0.5, 0.6) is 11.5 Å². The zero-order valence-electron chi connectivity index (χ0n) is 13.9. The van der Waals surface area contributed by atoms with Gasteiger partial charge in [0, 0.05) is 5.56 Å². The van der Waals surface area contributed by atoms with Gasteiger partial charge < -0.3 is 20.5 Å². The van der Waals surface area contributed by atoms with Crippen molar-refractivity contribution in [1.82, 2.24) is 5.32 Å². The molecule has 2 aromatic rings. The summed E-state index contributed by atoms with van der Waals surface area (Å²) in [7, 11) is 3.05. The summed E-state index contributed by atoms with van der Waals surface area (Å²) in [6.45, 7) is 1.58. The van der Waals surface area contributed by atoms with E-state index < -0.39 is 17.9 Å². The number of hydrogen-bond acceptors (Lipinski definition) is 4. The predicted molar refractivity (Wildman–Crippen MR) is 89.6 cm³/mol. The number of carbonyl (C=O) groups excluding carboxylic acids is 1. The van der Waals surface area contributed by atoms with Crippen LogP contribution in [0.4, 0.5) is 4.39 Å². The number of ether oxygens (including phenoxy) is 2. The van der Waals surface area contributed by atoms with Gasteiger partial charge in [-0.3, -0.25) is 4.79 Å². The Labute approximate surface area is 140 Å². The average Bonchev–Trinajstić information content (AvgIpc) is 2.59. The summed E-state index contributed by atoms with van der Waals surface area (Å²) in [4.78, 5) is 12.1. The van der Waals surface area contributed by atoms with Crippen molar-refractivity contribution in [2.75, 3.05) is 14.2 Å². The van der Waals surface area contributed by atoms with Crippen LogP contribution in [0, 0.1) is 5.82 Å². The summed E-state index contributed by atoms with van der Waals surface area (Å²) in [5.74, 6) is 0.319. The van der Waals surface area contributed by atoms with Crippen molar-refractivity contribution < 1.29 is 18.7 Å². The van der Waals surface area contributed by atoms with Crippen molar-refractivity contribution in [1.29, 1.82) is 0 Å². The fraction of sp³-hybridized carbons (Fsp3) is 0.278. The molecule has 2 rings (SSSR count). The second kappa shape index (κ2) is 7.79. The van der Waals surface area contributed by atoms with Crippen LogP contribution in [-0.2, 0) is 4.79 Å². The van der Waals surface area contributed by atoms with Crippen molar-refractivity contribution in [3.05, 3.63) is 59.4 Å². The molecular formula is C18H21FN2O3. The van der Waals surface area contributed by atoms with Gasteiger partial charge in [-0.05, 0) is 42.8 Å². The standard InChI is InChI=1S/C18H21FN2O3/c1-11(20)18(22)21-17(12-5-4-6-14(9-12)23-2)15-10-13(19)7-8-16(15)24-3/h4-11,17H,20H2,1-3H3,(H,21,22)/t11-,17?/m0/s1. The fourth-order valence-electron chi connectivity index (χ4n) is 2.37. The van der Waals surface area contributed by atoms with Crippen LogP contribution >= 0.6 is 0 Å². The number of methoxy groups -OCH3 is 2. The van der Waals surface area contributed by atoms with Crippen LogP contribution in [-0.4, -0.2) is 26.2 Å². The van der Waals surface area contributed by atoms with Crippen LogP contribution in [0.15, 0.2) is 42.5 Å². The Balaban J connectivity index is 2.54. The summed E-state index contributed by atoms with van der Waals surface area (Å²) in [6, 6.07) is 10.0. The van der Waals surface area contributed by atoms with Crippen LogP contribution in [0.25, 0.3) is 0 Å². The Kier molecular flexibility index (Phi) is 5.76. The summed E-state index contributed by atoms with van der Waals surface area (Å²) >= 11 is 0. The molecule has 0 radical (unpaired) electrons. The van der Waals surface area contributed by atoms with Gasteiger partial charge in [0.2, 0.25) is 5.91 Å². The first kappa shape index (κ1) is 17.7. The molecule has 0 aliphatic carbocycles. The minimum atomic E-state index is -0.697. The molecular weight excluding hydrogens is 311 g/mol. The number of benzene rings is 2. The number of nitrogens with two attached hydrogens (primary N) is 1. The molecule has 1 unspecified atom stereocenters. The highest BCUT2D eigenvalue weighted by molar-refractivity contribution is 5.82. The lowest BCUT2D eigenvalue weighted by Gasteiger charge is -2.23. The quantitative estimate of drug-likeness (QED) is 0.852. The SMILES string of the molecule is COc1cccc(C(NC(=O)[C@H](C)N)c2cc(F)ccc2OC)c1. The molecule has 0 fully saturated rings. The van der Waals surface area contributed by atoms with Gasteiger partial charge in [-0.25, -0.2) is 4.39 Å². The molecule has 3 N–H and O–H groups in total. The van der Waals surface area contributed by atoms with E-state index in [1.54, 1.807) is 32.2 Å². The number of carbonyl (C=O) groups is 1. The van der Waals surface area contributed by atoms with E-state index >= 15 is 0 Å². The van der Waals surface area contributed by atoms with Gasteiger partial charge in [-0.2, -0.15) is 0 Å². The van der Waals surface area contributed by atoms with Gasteiger partial charge in [0.05, 0.1) is 26.3 Å². The maximum Gasteiger partial charge on any atom is 0.237 e. The largest absolute Gasteiger partial charge is 0.497 e. The normalized spacial score (nSPS) is 13.0. The van der Waals surface area contributed by atoms with Crippen molar-refractivity contribution in [2.45, 2.75) is 19.0 Å². The average molecular weight is 332 g/mol. The zero-order valence-corrected chi connectivity index (χ0v) is 13.9. The van der Waals surface area contributed by atoms with E-state index in [-0.39, 0.29) is 5.91 Å². The van der Waals surface area contributed by atoms with E-state index in [2.05, 4.69) is 5.32 Å². The van der Waals surface area contributed by atoms with E-state index in [9.17, 15) is 9.18 Å². The smallest absolute Gasteiger partial charge is 0.237 e. The molecule has 0 aliphatic heterocycles. The van der Waals surface area contributed by atoms with Crippen molar-refractivity contribution in [3.63, 3.8) is 0 Å². The molecule has 0 saturated carbocycles. The maximum atomic E-state index is 13.8. The molecule has 0 heterocycles. The number of rotatable bonds is 6.